The van der Waals surface area contributed by atoms with Crippen LogP contribution in [0.25, 0.3) is 0 Å². The van der Waals surface area contributed by atoms with E-state index in [2.05, 4.69) is 21.3 Å². The van der Waals surface area contributed by atoms with E-state index in [1.165, 1.54) is 0 Å². The monoisotopic (exact) mass is 252 g/mol. The molecule has 4 saturated heterocycles. The third kappa shape index (κ3) is 2.10. The van der Waals surface area contributed by atoms with E-state index in [4.69, 9.17) is 0 Å². The van der Waals surface area contributed by atoms with Crippen LogP contribution in [0, 0.1) is 11.8 Å². The van der Waals surface area contributed by atoms with Crippen molar-refractivity contribution in [1.29, 1.82) is 0 Å². The third-order valence-electron chi connectivity index (χ3n) is 4.34. The lowest BCUT2D eigenvalue weighted by atomic mass is 10.1. The minimum absolute atomic E-state index is 0.144. The first-order valence-electron chi connectivity index (χ1n) is 6.78. The van der Waals surface area contributed by atoms with Crippen LogP contribution in [0.2, 0.25) is 0 Å². The zero-order chi connectivity index (χ0) is 12.5. The summed E-state index contributed by atoms with van der Waals surface area (Å²) in [7, 11) is 0. The van der Waals surface area contributed by atoms with Crippen molar-refractivity contribution in [2.75, 3.05) is 26.2 Å². The van der Waals surface area contributed by atoms with Gasteiger partial charge in [0, 0.05) is 24.9 Å². The predicted octanol–water partition coefficient (Wildman–Crippen LogP) is -1.81. The van der Waals surface area contributed by atoms with Gasteiger partial charge in [-0.05, 0) is 25.9 Å². The molecule has 18 heavy (non-hydrogen) atoms. The fourth-order valence-electron chi connectivity index (χ4n) is 3.25. The molecule has 4 heterocycles. The van der Waals surface area contributed by atoms with Crippen LogP contribution < -0.4 is 21.3 Å². The summed E-state index contributed by atoms with van der Waals surface area (Å²) in [6.45, 7) is 3.80. The summed E-state index contributed by atoms with van der Waals surface area (Å²) in [5, 5.41) is 12.0. The number of carbonyl (C=O) groups is 2. The molecule has 0 saturated carbocycles. The van der Waals surface area contributed by atoms with E-state index < -0.39 is 0 Å². The first-order chi connectivity index (χ1) is 8.75. The second-order valence-corrected chi connectivity index (χ2v) is 5.45. The SMILES string of the molecule is O=C1NC[C@@H]2CCN[C@H]12.O=C1NC[C@H]2CCN[C@@H]12. The average molecular weight is 252 g/mol. The maximum atomic E-state index is 10.9. The molecule has 0 spiro atoms. The van der Waals surface area contributed by atoms with Gasteiger partial charge in [-0.25, -0.2) is 0 Å². The Morgan fingerprint density at radius 3 is 1.61 bits per heavy atom. The third-order valence-corrected chi connectivity index (χ3v) is 4.34. The van der Waals surface area contributed by atoms with Crippen molar-refractivity contribution in [1.82, 2.24) is 21.3 Å². The van der Waals surface area contributed by atoms with Gasteiger partial charge in [0.2, 0.25) is 11.8 Å². The van der Waals surface area contributed by atoms with Crippen LogP contribution in [0.1, 0.15) is 12.8 Å². The molecule has 6 heteroatoms. The number of hydrogen-bond acceptors (Lipinski definition) is 4. The maximum absolute atomic E-state index is 10.9. The van der Waals surface area contributed by atoms with Crippen molar-refractivity contribution in [2.24, 2.45) is 11.8 Å². The van der Waals surface area contributed by atoms with E-state index in [0.29, 0.717) is 11.8 Å². The molecule has 4 N–H and O–H groups in total. The summed E-state index contributed by atoms with van der Waals surface area (Å²) < 4.78 is 0. The highest BCUT2D eigenvalue weighted by molar-refractivity contribution is 5.85. The van der Waals surface area contributed by atoms with Crippen LogP contribution >= 0.6 is 0 Å². The van der Waals surface area contributed by atoms with Gasteiger partial charge in [0.25, 0.3) is 0 Å². The normalized spacial score (nSPS) is 40.7. The van der Waals surface area contributed by atoms with E-state index in [-0.39, 0.29) is 23.9 Å². The Morgan fingerprint density at radius 1 is 0.778 bits per heavy atom. The second-order valence-electron chi connectivity index (χ2n) is 5.45. The Labute approximate surface area is 106 Å². The molecule has 100 valence electrons. The van der Waals surface area contributed by atoms with E-state index in [1.807, 2.05) is 0 Å². The molecule has 4 aliphatic heterocycles. The fraction of sp³-hybridized carbons (Fsp3) is 0.833. The molecule has 0 aromatic heterocycles. The van der Waals surface area contributed by atoms with Gasteiger partial charge in [0.05, 0.1) is 12.1 Å². The predicted molar refractivity (Wildman–Crippen MR) is 65.8 cm³/mol. The number of rotatable bonds is 0. The van der Waals surface area contributed by atoms with E-state index >= 15 is 0 Å². The molecule has 0 bridgehead atoms. The molecule has 6 nitrogen and oxygen atoms in total. The lowest BCUT2D eigenvalue weighted by molar-refractivity contribution is -0.121. The standard InChI is InChI=1S/2C6H10N2O/c2*9-6-5-4(3-8-6)1-2-7-5/h2*4-5,7H,1-3H2,(H,8,9)/t2*4-,5-/m10/s1. The molecule has 0 aromatic rings. The van der Waals surface area contributed by atoms with Crippen molar-refractivity contribution in [3.05, 3.63) is 0 Å². The highest BCUT2D eigenvalue weighted by atomic mass is 16.2. The number of carbonyl (C=O) groups excluding carboxylic acids is 2. The van der Waals surface area contributed by atoms with Crippen molar-refractivity contribution in [3.8, 4) is 0 Å². The smallest absolute Gasteiger partial charge is 0.237 e. The lowest BCUT2D eigenvalue weighted by Gasteiger charge is -2.01. The molecule has 4 atom stereocenters. The summed E-state index contributed by atoms with van der Waals surface area (Å²) in [5.41, 5.74) is 0. The summed E-state index contributed by atoms with van der Waals surface area (Å²) >= 11 is 0. The molecular weight excluding hydrogens is 232 g/mol. The fourth-order valence-corrected chi connectivity index (χ4v) is 3.25. The molecule has 0 unspecified atom stereocenters. The maximum Gasteiger partial charge on any atom is 0.237 e. The van der Waals surface area contributed by atoms with Crippen molar-refractivity contribution in [3.63, 3.8) is 0 Å². The minimum atomic E-state index is 0.144. The molecular formula is C12H20N4O2. The number of amides is 2. The molecule has 0 aliphatic carbocycles. The van der Waals surface area contributed by atoms with Gasteiger partial charge in [-0.3, -0.25) is 9.59 Å². The van der Waals surface area contributed by atoms with Crippen molar-refractivity contribution >= 4 is 11.8 Å². The van der Waals surface area contributed by atoms with E-state index in [9.17, 15) is 9.59 Å². The van der Waals surface area contributed by atoms with Gasteiger partial charge in [0.15, 0.2) is 0 Å². The summed E-state index contributed by atoms with van der Waals surface area (Å²) in [4.78, 5) is 21.8. The Morgan fingerprint density at radius 2 is 1.22 bits per heavy atom. The van der Waals surface area contributed by atoms with Crippen molar-refractivity contribution in [2.45, 2.75) is 24.9 Å². The molecule has 0 aromatic carbocycles. The molecule has 4 rings (SSSR count). The molecule has 4 aliphatic rings. The number of nitrogens with one attached hydrogen (secondary N) is 4. The molecule has 0 radical (unpaired) electrons. The number of fused-ring (bicyclic) bond motifs is 2. The summed E-state index contributed by atoms with van der Waals surface area (Å²) in [5.74, 6) is 1.55. The average Bonchev–Trinajstić information content (AvgIpc) is 3.06. The Balaban J connectivity index is 0.000000111. The van der Waals surface area contributed by atoms with E-state index in [1.54, 1.807) is 0 Å². The van der Waals surface area contributed by atoms with Gasteiger partial charge in [-0.15, -0.1) is 0 Å². The Bertz CT molecular complexity index is 326. The van der Waals surface area contributed by atoms with E-state index in [0.717, 1.165) is 39.0 Å². The second kappa shape index (κ2) is 4.85. The minimum Gasteiger partial charge on any atom is -0.354 e. The zero-order valence-corrected chi connectivity index (χ0v) is 10.4. The van der Waals surface area contributed by atoms with Gasteiger partial charge in [-0.1, -0.05) is 0 Å². The highest BCUT2D eigenvalue weighted by Gasteiger charge is 2.38. The van der Waals surface area contributed by atoms with Crippen molar-refractivity contribution < 1.29 is 9.59 Å². The summed E-state index contributed by atoms with van der Waals surface area (Å²) in [6.07, 6.45) is 2.31. The highest BCUT2D eigenvalue weighted by Crippen LogP contribution is 2.19. The largest absolute Gasteiger partial charge is 0.354 e. The van der Waals surface area contributed by atoms with Gasteiger partial charge >= 0.3 is 0 Å². The van der Waals surface area contributed by atoms with Crippen LogP contribution in [0.3, 0.4) is 0 Å². The van der Waals surface area contributed by atoms with Crippen LogP contribution in [0.5, 0.6) is 0 Å². The van der Waals surface area contributed by atoms with Gasteiger partial charge < -0.3 is 21.3 Å². The summed E-state index contributed by atoms with van der Waals surface area (Å²) in [6, 6.07) is 0.287. The van der Waals surface area contributed by atoms with Gasteiger partial charge in [-0.2, -0.15) is 0 Å². The van der Waals surface area contributed by atoms with Crippen LogP contribution in [0.4, 0.5) is 0 Å². The quantitative estimate of drug-likeness (QED) is 0.409. The Hall–Kier alpha value is -1.14. The molecule has 2 amide bonds. The van der Waals surface area contributed by atoms with Crippen LogP contribution in [-0.4, -0.2) is 50.1 Å². The number of hydrogen-bond donors (Lipinski definition) is 4. The van der Waals surface area contributed by atoms with Crippen LogP contribution in [0.15, 0.2) is 0 Å². The topological polar surface area (TPSA) is 82.3 Å². The first-order valence-corrected chi connectivity index (χ1v) is 6.78. The first kappa shape index (κ1) is 11.9. The van der Waals surface area contributed by atoms with Crippen LogP contribution in [-0.2, 0) is 9.59 Å². The lowest BCUT2D eigenvalue weighted by Crippen LogP contribution is -2.33. The Kier molecular flexibility index (Phi) is 3.22. The molecule has 4 fully saturated rings. The zero-order valence-electron chi connectivity index (χ0n) is 10.4. The van der Waals surface area contributed by atoms with Gasteiger partial charge in [0.1, 0.15) is 0 Å².